The first-order valence-electron chi connectivity index (χ1n) is 21.6. The third kappa shape index (κ3) is 7.73. The lowest BCUT2D eigenvalue weighted by molar-refractivity contribution is 0.472. The second-order valence-electron chi connectivity index (χ2n) is 16.1. The van der Waals surface area contributed by atoms with E-state index in [1.54, 1.807) is 0 Å². The van der Waals surface area contributed by atoms with Gasteiger partial charge >= 0.3 is 0 Å². The van der Waals surface area contributed by atoms with Gasteiger partial charge in [0.2, 0.25) is 0 Å². The van der Waals surface area contributed by atoms with E-state index in [4.69, 9.17) is 14.7 Å². The molecule has 3 heteroatoms. The summed E-state index contributed by atoms with van der Waals surface area (Å²) in [6.07, 6.45) is 1.49. The summed E-state index contributed by atoms with van der Waals surface area (Å²) in [6, 6.07) is 81.6. The first-order valence-corrected chi connectivity index (χ1v) is 21.6. The summed E-state index contributed by atoms with van der Waals surface area (Å²) in [5.74, 6) is 2.38. The van der Waals surface area contributed by atoms with Gasteiger partial charge in [0.05, 0.1) is 11.4 Å². The van der Waals surface area contributed by atoms with Gasteiger partial charge in [-0.25, -0.2) is 9.97 Å². The molecule has 0 saturated carbocycles. The van der Waals surface area contributed by atoms with E-state index >= 15 is 0 Å². The number of hydrogen-bond acceptors (Lipinski definition) is 3. The molecule has 0 unspecified atom stereocenters. The average molecular weight is 807 g/mol. The quantitative estimate of drug-likeness (QED) is 0.168. The van der Waals surface area contributed by atoms with Crippen molar-refractivity contribution in [3.63, 3.8) is 0 Å². The van der Waals surface area contributed by atoms with Crippen LogP contribution in [0.1, 0.15) is 22.3 Å². The molecule has 0 spiro atoms. The summed E-state index contributed by atoms with van der Waals surface area (Å²) in [5.41, 5.74) is 18.7. The van der Waals surface area contributed by atoms with Crippen molar-refractivity contribution in [2.45, 2.75) is 12.8 Å². The van der Waals surface area contributed by atoms with Crippen molar-refractivity contribution in [3.05, 3.63) is 253 Å². The van der Waals surface area contributed by atoms with E-state index in [9.17, 15) is 0 Å². The van der Waals surface area contributed by atoms with E-state index in [0.717, 1.165) is 96.9 Å². The van der Waals surface area contributed by atoms with E-state index in [2.05, 4.69) is 224 Å². The molecule has 0 saturated heterocycles. The molecule has 0 atom stereocenters. The van der Waals surface area contributed by atoms with Crippen LogP contribution in [0.15, 0.2) is 231 Å². The Balaban J connectivity index is 1.06. The average Bonchev–Trinajstić information content (AvgIpc) is 3.38. The molecule has 9 aromatic carbocycles. The maximum Gasteiger partial charge on any atom is 0.160 e. The second-order valence-corrected chi connectivity index (χ2v) is 16.1. The van der Waals surface area contributed by atoms with Crippen molar-refractivity contribution in [2.24, 2.45) is 0 Å². The molecule has 0 N–H and O–H groups in total. The summed E-state index contributed by atoms with van der Waals surface area (Å²) in [4.78, 5) is 10.7. The summed E-state index contributed by atoms with van der Waals surface area (Å²) < 4.78 is 7.03. The highest BCUT2D eigenvalue weighted by molar-refractivity contribution is 5.86. The Kier molecular flexibility index (Phi) is 10.0. The summed E-state index contributed by atoms with van der Waals surface area (Å²) in [7, 11) is 0. The molecule has 1 aromatic heterocycles. The third-order valence-corrected chi connectivity index (χ3v) is 12.1. The Morgan fingerprint density at radius 2 is 0.746 bits per heavy atom. The van der Waals surface area contributed by atoms with Crippen LogP contribution >= 0.6 is 0 Å². The van der Waals surface area contributed by atoms with Gasteiger partial charge in [0.1, 0.15) is 11.5 Å². The lowest BCUT2D eigenvalue weighted by atomic mass is 9.89. The van der Waals surface area contributed by atoms with Crippen LogP contribution < -0.4 is 4.74 Å². The van der Waals surface area contributed by atoms with E-state index in [1.807, 2.05) is 6.07 Å². The van der Waals surface area contributed by atoms with E-state index < -0.39 is 0 Å². The fourth-order valence-electron chi connectivity index (χ4n) is 8.89. The minimum atomic E-state index is 0.668. The molecule has 298 valence electrons. The molecule has 0 amide bonds. The van der Waals surface area contributed by atoms with Crippen molar-refractivity contribution in [3.8, 4) is 89.9 Å². The lowest BCUT2D eigenvalue weighted by Gasteiger charge is -2.17. The number of aromatic nitrogens is 2. The Morgan fingerprint density at radius 3 is 1.41 bits per heavy atom. The van der Waals surface area contributed by atoms with Crippen molar-refractivity contribution in [2.75, 3.05) is 0 Å². The van der Waals surface area contributed by atoms with Gasteiger partial charge in [-0.05, 0) is 97.1 Å². The number of hydrogen-bond donors (Lipinski definition) is 0. The van der Waals surface area contributed by atoms with Gasteiger partial charge in [-0.1, -0.05) is 200 Å². The molecule has 1 aliphatic rings. The van der Waals surface area contributed by atoms with Gasteiger partial charge in [0, 0.05) is 29.5 Å². The zero-order valence-corrected chi connectivity index (χ0v) is 34.7. The molecule has 3 nitrogen and oxygen atoms in total. The van der Waals surface area contributed by atoms with Crippen LogP contribution in [0.5, 0.6) is 11.5 Å². The van der Waals surface area contributed by atoms with E-state index in [1.165, 1.54) is 22.3 Å². The smallest absolute Gasteiger partial charge is 0.160 e. The molecule has 63 heavy (non-hydrogen) atoms. The number of fused-ring (bicyclic) bond motifs is 5. The zero-order valence-electron chi connectivity index (χ0n) is 34.7. The van der Waals surface area contributed by atoms with E-state index in [0.29, 0.717) is 5.82 Å². The number of nitrogens with zero attached hydrogens (tertiary/aromatic N) is 2. The van der Waals surface area contributed by atoms with Crippen LogP contribution in [0.3, 0.4) is 0 Å². The first kappa shape index (κ1) is 37.8. The van der Waals surface area contributed by atoms with Gasteiger partial charge in [-0.3, -0.25) is 0 Å². The Labute approximate surface area is 368 Å². The number of ether oxygens (including phenoxy) is 1. The molecule has 10 aromatic rings. The third-order valence-electron chi connectivity index (χ3n) is 12.1. The highest BCUT2D eigenvalue weighted by atomic mass is 16.5. The largest absolute Gasteiger partial charge is 0.457 e. The number of benzene rings is 9. The standard InChI is InChI=1S/C60H42N2O/c1-3-17-41(18-4-1)43-24-15-26-48(35-43)56-40-57(62-60(61-56)51-27-16-25-44(36-51)42-19-5-2-6-20-42)55-31-13-12-30-54(55)47-33-34-50-38-46-22-8-11-29-53(46)52-28-10-7-21-45(52)37-49-23-9-14-32-58(49)63-59(50)39-47/h1-36,39-40H,37-38H2. The van der Waals surface area contributed by atoms with Gasteiger partial charge in [0.25, 0.3) is 0 Å². The molecule has 0 fully saturated rings. The number of para-hydroxylation sites is 1. The van der Waals surface area contributed by atoms with E-state index in [-0.39, 0.29) is 0 Å². The summed E-state index contributed by atoms with van der Waals surface area (Å²) >= 11 is 0. The molecule has 0 aliphatic carbocycles. The van der Waals surface area contributed by atoms with Crippen LogP contribution in [0, 0.1) is 0 Å². The van der Waals surface area contributed by atoms with Gasteiger partial charge in [0.15, 0.2) is 5.82 Å². The summed E-state index contributed by atoms with van der Waals surface area (Å²) in [5, 5.41) is 0. The van der Waals surface area contributed by atoms with Crippen LogP contribution in [-0.2, 0) is 12.8 Å². The van der Waals surface area contributed by atoms with Crippen LogP contribution in [0.4, 0.5) is 0 Å². The normalized spacial score (nSPS) is 11.8. The SMILES string of the molecule is c1ccc(-c2cccc(-c3cc(-c4ccccc4-c4ccc5c(c4)Oc4ccccc4Cc4ccccc4-c4ccccc4C5)nc(-c4cccc(-c5ccccc5)c4)n3)c2)cc1. The van der Waals surface area contributed by atoms with Crippen molar-refractivity contribution in [1.82, 2.24) is 9.97 Å². The molecule has 1 aliphatic heterocycles. The fourth-order valence-corrected chi connectivity index (χ4v) is 8.89. The maximum atomic E-state index is 7.03. The van der Waals surface area contributed by atoms with Crippen molar-refractivity contribution >= 4 is 0 Å². The minimum absolute atomic E-state index is 0.668. The zero-order chi connectivity index (χ0) is 42.0. The molecule has 0 bridgehead atoms. The minimum Gasteiger partial charge on any atom is -0.457 e. The Bertz CT molecular complexity index is 3160. The van der Waals surface area contributed by atoms with Gasteiger partial charge < -0.3 is 4.74 Å². The predicted molar refractivity (Wildman–Crippen MR) is 259 cm³/mol. The van der Waals surface area contributed by atoms with Gasteiger partial charge in [-0.15, -0.1) is 0 Å². The highest BCUT2D eigenvalue weighted by Gasteiger charge is 2.20. The predicted octanol–water partition coefficient (Wildman–Crippen LogP) is 15.4. The fraction of sp³-hybridized carbons (Fsp3) is 0.0333. The second kappa shape index (κ2) is 16.7. The molecule has 2 heterocycles. The maximum absolute atomic E-state index is 7.03. The highest BCUT2D eigenvalue weighted by Crippen LogP contribution is 2.41. The van der Waals surface area contributed by atoms with Crippen LogP contribution in [-0.4, -0.2) is 9.97 Å². The Morgan fingerprint density at radius 1 is 0.270 bits per heavy atom. The monoisotopic (exact) mass is 806 g/mol. The number of rotatable bonds is 6. The molecular formula is C60H42N2O. The molecule has 11 rings (SSSR count). The molecule has 0 radical (unpaired) electrons. The van der Waals surface area contributed by atoms with Crippen molar-refractivity contribution in [1.29, 1.82) is 0 Å². The Hall–Kier alpha value is -8.14. The van der Waals surface area contributed by atoms with Crippen molar-refractivity contribution < 1.29 is 4.74 Å². The van der Waals surface area contributed by atoms with Gasteiger partial charge in [-0.2, -0.15) is 0 Å². The van der Waals surface area contributed by atoms with Crippen LogP contribution in [0.25, 0.3) is 78.4 Å². The lowest BCUT2D eigenvalue weighted by Crippen LogP contribution is -1.99. The summed E-state index contributed by atoms with van der Waals surface area (Å²) in [6.45, 7) is 0. The first-order chi connectivity index (χ1) is 31.2. The topological polar surface area (TPSA) is 35.0 Å². The molecular weight excluding hydrogens is 765 g/mol. The van der Waals surface area contributed by atoms with Crippen LogP contribution in [0.2, 0.25) is 0 Å².